The summed E-state index contributed by atoms with van der Waals surface area (Å²) in [6.07, 6.45) is 0. The quantitative estimate of drug-likeness (QED) is 0.387. The molecule has 44 valence electrons. The van der Waals surface area contributed by atoms with Crippen LogP contribution in [0.25, 0.3) is 0 Å². The van der Waals surface area contributed by atoms with Crippen molar-refractivity contribution >= 4 is 8.56 Å². The molecule has 0 fully saturated rings. The Labute approximate surface area is 73.8 Å². The maximum Gasteiger partial charge on any atom is 1.00 e. The fourth-order valence-corrected chi connectivity index (χ4v) is 1.04. The van der Waals surface area contributed by atoms with Crippen LogP contribution in [0.2, 0.25) is 13.1 Å². The van der Waals surface area contributed by atoms with E-state index in [9.17, 15) is 4.80 Å². The van der Waals surface area contributed by atoms with Crippen molar-refractivity contribution in [3.05, 3.63) is 0 Å². The van der Waals surface area contributed by atoms with E-state index in [0.29, 0.717) is 6.61 Å². The largest absolute Gasteiger partial charge is 1.00 e. The van der Waals surface area contributed by atoms with Crippen LogP contribution in [0.15, 0.2) is 0 Å². The third-order valence-electron chi connectivity index (χ3n) is 0.492. The maximum atomic E-state index is 10.6. The van der Waals surface area contributed by atoms with Gasteiger partial charge in [0.1, 0.15) is 0 Å². The molecule has 0 heterocycles. The third kappa shape index (κ3) is 10.2. The van der Waals surface area contributed by atoms with Crippen LogP contribution in [0.3, 0.4) is 0 Å². The Hall–Kier alpha value is 1.14. The summed E-state index contributed by atoms with van der Waals surface area (Å²) in [5, 5.41) is 0. The van der Waals surface area contributed by atoms with Crippen LogP contribution in [0.1, 0.15) is 6.92 Å². The zero-order chi connectivity index (χ0) is 5.91. The van der Waals surface area contributed by atoms with Crippen molar-refractivity contribution in [2.24, 2.45) is 0 Å². The van der Waals surface area contributed by atoms with Gasteiger partial charge in [0.2, 0.25) is 0 Å². The molecule has 4 heteroatoms. The Balaban J connectivity index is 0. The van der Waals surface area contributed by atoms with Gasteiger partial charge in [-0.2, -0.15) is 0 Å². The van der Waals surface area contributed by atoms with Crippen LogP contribution < -0.4 is 34.4 Å². The van der Waals surface area contributed by atoms with Gasteiger partial charge in [-0.1, -0.05) is 13.1 Å². The van der Waals surface area contributed by atoms with E-state index >= 15 is 0 Å². The molecule has 0 aliphatic carbocycles. The normalized spacial score (nSPS) is 10.5. The minimum atomic E-state index is -2.41. The van der Waals surface area contributed by atoms with E-state index in [2.05, 4.69) is 0 Å². The average molecular weight is 142 g/mol. The Bertz CT molecular complexity index is 52.5. The summed E-state index contributed by atoms with van der Waals surface area (Å²) in [5.41, 5.74) is 0. The predicted molar refractivity (Wildman–Crippen MR) is 29.1 cm³/mol. The summed E-state index contributed by atoms with van der Waals surface area (Å²) < 4.78 is 4.81. The molecule has 0 spiro atoms. The minimum Gasteiger partial charge on any atom is -0.838 e. The molecule has 0 rings (SSSR count). The Morgan fingerprint density at radius 2 is 1.88 bits per heavy atom. The van der Waals surface area contributed by atoms with Crippen LogP contribution in [0.5, 0.6) is 0 Å². The molecule has 0 N–H and O–H groups in total. The fourth-order valence-electron chi connectivity index (χ4n) is 0.348. The molecule has 0 radical (unpaired) electrons. The summed E-state index contributed by atoms with van der Waals surface area (Å²) in [6, 6.07) is 0. The molecule has 0 aliphatic rings. The Morgan fingerprint density at radius 3 is 1.88 bits per heavy atom. The minimum absolute atomic E-state index is 0. The van der Waals surface area contributed by atoms with Gasteiger partial charge in [0.25, 0.3) is 0 Å². The molecule has 8 heavy (non-hydrogen) atoms. The third-order valence-corrected chi connectivity index (χ3v) is 1.48. The number of rotatable bonds is 2. The van der Waals surface area contributed by atoms with E-state index in [1.54, 1.807) is 13.1 Å². The second-order valence-electron chi connectivity index (χ2n) is 1.83. The smallest absolute Gasteiger partial charge is 0.838 e. The summed E-state index contributed by atoms with van der Waals surface area (Å²) in [5.74, 6) is 0. The monoisotopic (exact) mass is 142 g/mol. The van der Waals surface area contributed by atoms with Gasteiger partial charge in [0, 0.05) is 6.61 Å². The van der Waals surface area contributed by atoms with Gasteiger partial charge in [-0.15, -0.1) is 0 Å². The van der Waals surface area contributed by atoms with Crippen molar-refractivity contribution in [1.82, 2.24) is 0 Å². The van der Waals surface area contributed by atoms with Gasteiger partial charge in [-0.05, 0) is 6.92 Å². The summed E-state index contributed by atoms with van der Waals surface area (Å²) >= 11 is 0. The molecule has 0 aromatic carbocycles. The van der Waals surface area contributed by atoms with Crippen molar-refractivity contribution in [1.29, 1.82) is 0 Å². The van der Waals surface area contributed by atoms with Gasteiger partial charge in [0.15, 0.2) is 0 Å². The zero-order valence-electron chi connectivity index (χ0n) is 6.02. The van der Waals surface area contributed by atoms with Crippen molar-refractivity contribution in [2.45, 2.75) is 20.0 Å². The molecule has 2 nitrogen and oxygen atoms in total. The van der Waals surface area contributed by atoms with E-state index in [0.717, 1.165) is 0 Å². The number of hydrogen-bond acceptors (Lipinski definition) is 2. The molecule has 0 saturated carbocycles. The molecule has 0 aliphatic heterocycles. The van der Waals surface area contributed by atoms with Gasteiger partial charge >= 0.3 is 29.6 Å². The first-order chi connectivity index (χ1) is 3.06. The molecular formula is C4H11NaO2Si. The average Bonchev–Trinajstić information content (AvgIpc) is 1.30. The summed E-state index contributed by atoms with van der Waals surface area (Å²) in [7, 11) is -2.41. The van der Waals surface area contributed by atoms with Crippen LogP contribution in [-0.2, 0) is 4.43 Å². The summed E-state index contributed by atoms with van der Waals surface area (Å²) in [6.45, 7) is 5.67. The zero-order valence-corrected chi connectivity index (χ0v) is 9.02. The van der Waals surface area contributed by atoms with Crippen LogP contribution >= 0.6 is 0 Å². The molecule has 0 aromatic rings. The standard InChI is InChI=1S/C4H11O2Si.Na/c1-4-6-7(2,3)5;/h4H2,1-3H3;/q-1;+1. The molecule has 0 aromatic heterocycles. The van der Waals surface area contributed by atoms with Gasteiger partial charge in [0.05, 0.1) is 8.56 Å². The van der Waals surface area contributed by atoms with E-state index in [1.807, 2.05) is 6.92 Å². The fraction of sp³-hybridized carbons (Fsp3) is 1.00. The molecular weight excluding hydrogens is 131 g/mol. The van der Waals surface area contributed by atoms with Gasteiger partial charge in [-0.3, -0.25) is 0 Å². The second-order valence-corrected chi connectivity index (χ2v) is 4.92. The maximum absolute atomic E-state index is 10.6. The Kier molecular flexibility index (Phi) is 7.37. The van der Waals surface area contributed by atoms with Crippen LogP contribution in [0.4, 0.5) is 0 Å². The molecule has 0 atom stereocenters. The van der Waals surface area contributed by atoms with Gasteiger partial charge < -0.3 is 9.22 Å². The SMILES string of the molecule is CCO[Si](C)(C)[O-].[Na+]. The van der Waals surface area contributed by atoms with E-state index < -0.39 is 8.56 Å². The predicted octanol–water partition coefficient (Wildman–Crippen LogP) is -2.91. The van der Waals surface area contributed by atoms with E-state index in [1.165, 1.54) is 0 Å². The first kappa shape index (κ1) is 11.9. The van der Waals surface area contributed by atoms with Crippen molar-refractivity contribution in [3.8, 4) is 0 Å². The first-order valence-corrected chi connectivity index (χ1v) is 5.22. The molecule has 0 unspecified atom stereocenters. The van der Waals surface area contributed by atoms with E-state index in [-0.39, 0.29) is 29.6 Å². The van der Waals surface area contributed by atoms with E-state index in [4.69, 9.17) is 4.43 Å². The first-order valence-electron chi connectivity index (χ1n) is 2.40. The molecule has 0 saturated heterocycles. The van der Waals surface area contributed by atoms with Crippen molar-refractivity contribution in [2.75, 3.05) is 6.61 Å². The van der Waals surface area contributed by atoms with Crippen LogP contribution in [-0.4, -0.2) is 15.2 Å². The van der Waals surface area contributed by atoms with Crippen LogP contribution in [0, 0.1) is 0 Å². The summed E-state index contributed by atoms with van der Waals surface area (Å²) in [4.78, 5) is 10.6. The van der Waals surface area contributed by atoms with Crippen molar-refractivity contribution < 1.29 is 38.8 Å². The molecule has 0 bridgehead atoms. The second kappa shape index (κ2) is 4.96. The topological polar surface area (TPSA) is 32.3 Å². The van der Waals surface area contributed by atoms with Gasteiger partial charge in [-0.25, -0.2) is 0 Å². The molecule has 0 amide bonds. The Morgan fingerprint density at radius 1 is 1.50 bits per heavy atom. The number of hydrogen-bond donors (Lipinski definition) is 0. The van der Waals surface area contributed by atoms with Crippen molar-refractivity contribution in [3.63, 3.8) is 0 Å².